The summed E-state index contributed by atoms with van der Waals surface area (Å²) >= 11 is 1.38. The van der Waals surface area contributed by atoms with Gasteiger partial charge in [0.05, 0.1) is 12.2 Å². The monoisotopic (exact) mass is 441 g/mol. The maximum Gasteiger partial charge on any atom is 0.243 e. The lowest BCUT2D eigenvalue weighted by Crippen LogP contribution is -2.53. The van der Waals surface area contributed by atoms with Crippen LogP contribution in [0.15, 0.2) is 17.1 Å². The Hall–Kier alpha value is -2.89. The van der Waals surface area contributed by atoms with Crippen molar-refractivity contribution < 1.29 is 18.0 Å². The van der Waals surface area contributed by atoms with Gasteiger partial charge in [0, 0.05) is 51.2 Å². The van der Waals surface area contributed by atoms with Gasteiger partial charge in [-0.25, -0.2) is 18.2 Å². The first-order valence-corrected chi connectivity index (χ1v) is 10.2. The molecule has 3 rings (SSSR count). The highest BCUT2D eigenvalue weighted by atomic mass is 32.1. The molecule has 1 aromatic carbocycles. The smallest absolute Gasteiger partial charge is 0.243 e. The molecule has 1 saturated heterocycles. The van der Waals surface area contributed by atoms with Crippen LogP contribution in [0.25, 0.3) is 0 Å². The minimum absolute atomic E-state index is 0.207. The summed E-state index contributed by atoms with van der Waals surface area (Å²) in [5.74, 6) is -3.65. The van der Waals surface area contributed by atoms with E-state index in [1.165, 1.54) is 11.5 Å². The van der Waals surface area contributed by atoms with Crippen LogP contribution in [0.2, 0.25) is 0 Å². The van der Waals surface area contributed by atoms with Crippen molar-refractivity contribution in [1.82, 2.24) is 19.6 Å². The molecule has 1 aromatic heterocycles. The number of aliphatic imine (C=N–C) groups is 1. The maximum absolute atomic E-state index is 13.7. The highest BCUT2D eigenvalue weighted by Crippen LogP contribution is 2.20. The second kappa shape index (κ2) is 9.74. The molecule has 1 aliphatic rings. The number of piperazine rings is 1. The number of amides is 1. The lowest BCUT2D eigenvalue weighted by Gasteiger charge is -2.36. The molecule has 0 spiro atoms. The molecule has 30 heavy (non-hydrogen) atoms. The van der Waals surface area contributed by atoms with Gasteiger partial charge in [0.2, 0.25) is 11.0 Å². The molecule has 162 valence electrons. The van der Waals surface area contributed by atoms with Crippen LogP contribution in [0.4, 0.5) is 24.0 Å². The second-order valence-corrected chi connectivity index (χ2v) is 7.22. The van der Waals surface area contributed by atoms with Crippen molar-refractivity contribution in [2.75, 3.05) is 50.0 Å². The zero-order valence-electron chi connectivity index (χ0n) is 16.6. The summed E-state index contributed by atoms with van der Waals surface area (Å²) < 4.78 is 44.2. The third-order valence-corrected chi connectivity index (χ3v) is 5.37. The summed E-state index contributed by atoms with van der Waals surface area (Å²) in [6.07, 6.45) is 0.795. The van der Waals surface area contributed by atoms with Crippen molar-refractivity contribution in [2.24, 2.45) is 4.99 Å². The standard InChI is InChI=1S/C18H22F3N7OS/c1-3-13-25-18(30-26-13)28-8-6-27(7-9-28)17(22-2)23-10-14(29)24-12-5-4-11(19)15(20)16(12)21/h4-5H,3,6-10H2,1-2H3,(H,22,23)(H,24,29). The number of carbonyl (C=O) groups excluding carboxylic acids is 1. The summed E-state index contributed by atoms with van der Waals surface area (Å²) in [4.78, 5) is 24.9. The van der Waals surface area contributed by atoms with E-state index in [1.807, 2.05) is 11.8 Å². The first kappa shape index (κ1) is 21.8. The Morgan fingerprint density at radius 1 is 1.20 bits per heavy atom. The number of halogens is 3. The van der Waals surface area contributed by atoms with E-state index in [2.05, 4.69) is 29.9 Å². The van der Waals surface area contributed by atoms with Crippen LogP contribution in [0.1, 0.15) is 12.7 Å². The van der Waals surface area contributed by atoms with Crippen LogP contribution in [0.5, 0.6) is 0 Å². The lowest BCUT2D eigenvalue weighted by atomic mass is 10.2. The van der Waals surface area contributed by atoms with E-state index < -0.39 is 29.0 Å². The molecule has 8 nitrogen and oxygen atoms in total. The second-order valence-electron chi connectivity index (χ2n) is 6.49. The third-order valence-electron chi connectivity index (χ3n) is 4.55. The van der Waals surface area contributed by atoms with E-state index in [-0.39, 0.29) is 6.54 Å². The van der Waals surface area contributed by atoms with Crippen LogP contribution in [-0.4, -0.2) is 65.9 Å². The third kappa shape index (κ3) is 4.99. The van der Waals surface area contributed by atoms with Crippen LogP contribution < -0.4 is 15.5 Å². The number of aryl methyl sites for hydroxylation is 1. The average molecular weight is 441 g/mol. The first-order valence-electron chi connectivity index (χ1n) is 9.39. The van der Waals surface area contributed by atoms with Gasteiger partial charge in [0.1, 0.15) is 5.82 Å². The quantitative estimate of drug-likeness (QED) is 0.419. The minimum Gasteiger partial charge on any atom is -0.347 e. The molecule has 2 aromatic rings. The summed E-state index contributed by atoms with van der Waals surface area (Å²) in [6, 6.07) is 1.72. The van der Waals surface area contributed by atoms with Crippen molar-refractivity contribution in [2.45, 2.75) is 13.3 Å². The highest BCUT2D eigenvalue weighted by Gasteiger charge is 2.22. The van der Waals surface area contributed by atoms with Crippen molar-refractivity contribution in [3.63, 3.8) is 0 Å². The molecule has 0 atom stereocenters. The maximum atomic E-state index is 13.7. The molecule has 0 unspecified atom stereocenters. The molecule has 2 heterocycles. The minimum atomic E-state index is -1.63. The van der Waals surface area contributed by atoms with Crippen molar-refractivity contribution >= 4 is 34.2 Å². The van der Waals surface area contributed by atoms with Gasteiger partial charge in [-0.2, -0.15) is 4.37 Å². The number of hydrogen-bond acceptors (Lipinski definition) is 6. The Labute approximate surface area is 176 Å². The van der Waals surface area contributed by atoms with E-state index in [1.54, 1.807) is 7.05 Å². The van der Waals surface area contributed by atoms with Crippen molar-refractivity contribution in [1.29, 1.82) is 0 Å². The van der Waals surface area contributed by atoms with E-state index >= 15 is 0 Å². The SMILES string of the molecule is CCc1nsc(N2CCN(C(=NC)NCC(=O)Nc3ccc(F)c(F)c3F)CC2)n1. The molecular formula is C18H22F3N7OS. The molecule has 0 saturated carbocycles. The van der Waals surface area contributed by atoms with Gasteiger partial charge in [0.25, 0.3) is 0 Å². The molecule has 0 aliphatic carbocycles. The molecule has 0 radical (unpaired) electrons. The fraction of sp³-hybridized carbons (Fsp3) is 0.444. The number of anilines is 2. The number of guanidine groups is 1. The van der Waals surface area contributed by atoms with Gasteiger partial charge in [-0.3, -0.25) is 9.79 Å². The summed E-state index contributed by atoms with van der Waals surface area (Å²) in [7, 11) is 1.60. The first-order chi connectivity index (χ1) is 14.4. The number of nitrogens with one attached hydrogen (secondary N) is 2. The van der Waals surface area contributed by atoms with Gasteiger partial charge in [0.15, 0.2) is 23.4 Å². The molecule has 1 fully saturated rings. The number of benzene rings is 1. The molecule has 1 aliphatic heterocycles. The van der Waals surface area contributed by atoms with Gasteiger partial charge in [-0.1, -0.05) is 6.92 Å². The van der Waals surface area contributed by atoms with Crippen LogP contribution >= 0.6 is 11.5 Å². The Morgan fingerprint density at radius 3 is 2.57 bits per heavy atom. The van der Waals surface area contributed by atoms with Gasteiger partial charge in [-0.15, -0.1) is 0 Å². The Morgan fingerprint density at radius 2 is 1.93 bits per heavy atom. The van der Waals surface area contributed by atoms with Gasteiger partial charge in [-0.05, 0) is 12.1 Å². The van der Waals surface area contributed by atoms with Crippen molar-refractivity contribution in [3.05, 3.63) is 35.4 Å². The van der Waals surface area contributed by atoms with E-state index in [9.17, 15) is 18.0 Å². The largest absolute Gasteiger partial charge is 0.347 e. The van der Waals surface area contributed by atoms with Gasteiger partial charge >= 0.3 is 0 Å². The van der Waals surface area contributed by atoms with Gasteiger partial charge < -0.3 is 20.4 Å². The van der Waals surface area contributed by atoms with Crippen LogP contribution in [-0.2, 0) is 11.2 Å². The number of aromatic nitrogens is 2. The molecule has 0 bridgehead atoms. The normalized spacial score (nSPS) is 14.8. The fourth-order valence-electron chi connectivity index (χ4n) is 2.93. The summed E-state index contributed by atoms with van der Waals surface area (Å²) in [5.41, 5.74) is -0.423. The lowest BCUT2D eigenvalue weighted by molar-refractivity contribution is -0.115. The van der Waals surface area contributed by atoms with Crippen LogP contribution in [0.3, 0.4) is 0 Å². The van der Waals surface area contributed by atoms with Crippen molar-refractivity contribution in [3.8, 4) is 0 Å². The number of rotatable bonds is 5. The Kier molecular flexibility index (Phi) is 7.08. The highest BCUT2D eigenvalue weighted by molar-refractivity contribution is 7.09. The summed E-state index contributed by atoms with van der Waals surface area (Å²) in [5, 5.41) is 6.01. The predicted octanol–water partition coefficient (Wildman–Crippen LogP) is 1.85. The zero-order chi connectivity index (χ0) is 21.7. The fourth-order valence-corrected chi connectivity index (χ4v) is 3.74. The average Bonchev–Trinajstić information content (AvgIpc) is 3.24. The summed E-state index contributed by atoms with van der Waals surface area (Å²) in [6.45, 7) is 4.59. The van der Waals surface area contributed by atoms with E-state index in [0.29, 0.717) is 19.0 Å². The molecule has 12 heteroatoms. The Balaban J connectivity index is 1.50. The predicted molar refractivity (Wildman–Crippen MR) is 109 cm³/mol. The number of hydrogen-bond donors (Lipinski definition) is 2. The molecule has 1 amide bonds. The number of carbonyl (C=O) groups is 1. The van der Waals surface area contributed by atoms with Crippen LogP contribution in [0, 0.1) is 17.5 Å². The number of nitrogens with zero attached hydrogens (tertiary/aromatic N) is 5. The van der Waals surface area contributed by atoms with E-state index in [0.717, 1.165) is 42.6 Å². The Bertz CT molecular complexity index is 928. The topological polar surface area (TPSA) is 85.8 Å². The molecule has 2 N–H and O–H groups in total. The molecular weight excluding hydrogens is 419 g/mol. The zero-order valence-corrected chi connectivity index (χ0v) is 17.4. The van der Waals surface area contributed by atoms with E-state index in [4.69, 9.17) is 0 Å².